The second-order valence-electron chi connectivity index (χ2n) is 9.36. The Kier molecular flexibility index (Phi) is 9.41. The van der Waals surface area contributed by atoms with Crippen LogP contribution in [0.1, 0.15) is 29.5 Å². The molecule has 2 amide bonds. The van der Waals surface area contributed by atoms with Crippen LogP contribution in [0.3, 0.4) is 0 Å². The molecule has 1 heterocycles. The molecule has 1 aliphatic heterocycles. The fourth-order valence-corrected chi connectivity index (χ4v) is 4.20. The second-order valence-corrected chi connectivity index (χ2v) is 9.36. The van der Waals surface area contributed by atoms with Crippen molar-refractivity contribution in [2.45, 2.75) is 56.0 Å². The number of carbonyl (C=O) groups is 3. The van der Waals surface area contributed by atoms with Gasteiger partial charge in [-0.05, 0) is 30.0 Å². The average Bonchev–Trinajstić information content (AvgIpc) is 3.20. The third-order valence-corrected chi connectivity index (χ3v) is 6.40. The highest BCUT2D eigenvalue weighted by Crippen LogP contribution is 2.29. The van der Waals surface area contributed by atoms with E-state index in [0.717, 1.165) is 17.7 Å². The molecule has 200 valence electrons. The Hall–Kier alpha value is -3.28. The highest BCUT2D eigenvalue weighted by atomic mass is 19.4. The highest BCUT2D eigenvalue weighted by Gasteiger charge is 2.33. The summed E-state index contributed by atoms with van der Waals surface area (Å²) in [6.07, 6.45) is -4.48. The zero-order valence-electron chi connectivity index (χ0n) is 20.3. The van der Waals surface area contributed by atoms with Crippen LogP contribution in [0.2, 0.25) is 0 Å². The lowest BCUT2D eigenvalue weighted by atomic mass is 9.96. The number of likely N-dealkylation sites (tertiary alicyclic amines) is 1. The van der Waals surface area contributed by atoms with E-state index in [-0.39, 0.29) is 55.9 Å². The molecule has 4 atom stereocenters. The van der Waals surface area contributed by atoms with E-state index in [1.54, 1.807) is 0 Å². The molecule has 0 aliphatic carbocycles. The van der Waals surface area contributed by atoms with Gasteiger partial charge in [0, 0.05) is 31.6 Å². The van der Waals surface area contributed by atoms with Crippen molar-refractivity contribution in [1.29, 1.82) is 0 Å². The highest BCUT2D eigenvalue weighted by molar-refractivity contribution is 5.93. The van der Waals surface area contributed by atoms with E-state index in [2.05, 4.69) is 5.32 Å². The van der Waals surface area contributed by atoms with Gasteiger partial charge in [0.2, 0.25) is 11.8 Å². The molecular formula is C26H32F3N5O3. The van der Waals surface area contributed by atoms with Crippen molar-refractivity contribution in [2.75, 3.05) is 13.1 Å². The molecule has 1 fully saturated rings. The van der Waals surface area contributed by atoms with E-state index < -0.39 is 35.5 Å². The maximum atomic E-state index is 13.1. The molecule has 2 aromatic carbocycles. The van der Waals surface area contributed by atoms with Gasteiger partial charge in [0.15, 0.2) is 5.78 Å². The van der Waals surface area contributed by atoms with Gasteiger partial charge < -0.3 is 27.4 Å². The molecule has 2 aromatic rings. The van der Waals surface area contributed by atoms with Crippen molar-refractivity contribution in [3.63, 3.8) is 0 Å². The number of alkyl halides is 3. The quantitative estimate of drug-likeness (QED) is 0.371. The predicted molar refractivity (Wildman–Crippen MR) is 132 cm³/mol. The van der Waals surface area contributed by atoms with Crippen LogP contribution in [0.4, 0.5) is 13.2 Å². The number of amides is 2. The van der Waals surface area contributed by atoms with Gasteiger partial charge in [0.05, 0.1) is 24.1 Å². The van der Waals surface area contributed by atoms with Crippen molar-refractivity contribution in [2.24, 2.45) is 17.2 Å². The Morgan fingerprint density at radius 1 is 0.973 bits per heavy atom. The smallest absolute Gasteiger partial charge is 0.345 e. The van der Waals surface area contributed by atoms with Gasteiger partial charge in [-0.3, -0.25) is 14.4 Å². The van der Waals surface area contributed by atoms with Crippen molar-refractivity contribution < 1.29 is 27.6 Å². The molecule has 0 saturated carbocycles. The van der Waals surface area contributed by atoms with Crippen LogP contribution in [0.25, 0.3) is 0 Å². The maximum Gasteiger partial charge on any atom is 0.416 e. The lowest BCUT2D eigenvalue weighted by molar-refractivity contribution is -0.137. The Morgan fingerprint density at radius 2 is 1.59 bits per heavy atom. The molecule has 1 saturated heterocycles. The Bertz CT molecular complexity index is 1090. The molecule has 0 radical (unpaired) electrons. The van der Waals surface area contributed by atoms with E-state index in [1.165, 1.54) is 17.0 Å². The molecule has 11 heteroatoms. The van der Waals surface area contributed by atoms with Crippen LogP contribution in [-0.4, -0.2) is 59.8 Å². The number of hydrogen-bond donors (Lipinski definition) is 4. The van der Waals surface area contributed by atoms with E-state index in [9.17, 15) is 27.6 Å². The minimum Gasteiger partial charge on any atom is -0.345 e. The van der Waals surface area contributed by atoms with Gasteiger partial charge in [0.25, 0.3) is 0 Å². The number of rotatable bonds is 10. The minimum absolute atomic E-state index is 0.181. The summed E-state index contributed by atoms with van der Waals surface area (Å²) in [6.45, 7) is 0.535. The summed E-state index contributed by atoms with van der Waals surface area (Å²) in [5.41, 5.74) is 17.9. The van der Waals surface area contributed by atoms with E-state index in [1.807, 2.05) is 30.3 Å². The number of nitrogens with two attached hydrogens (primary N) is 3. The van der Waals surface area contributed by atoms with Crippen molar-refractivity contribution in [1.82, 2.24) is 10.2 Å². The number of halogens is 3. The molecule has 0 unspecified atom stereocenters. The summed E-state index contributed by atoms with van der Waals surface area (Å²) in [5, 5.41) is 2.61. The fraction of sp³-hybridized carbons (Fsp3) is 0.423. The Labute approximate surface area is 213 Å². The van der Waals surface area contributed by atoms with E-state index in [4.69, 9.17) is 17.2 Å². The third-order valence-electron chi connectivity index (χ3n) is 6.40. The minimum atomic E-state index is -4.54. The van der Waals surface area contributed by atoms with Gasteiger partial charge in [0.1, 0.15) is 0 Å². The summed E-state index contributed by atoms with van der Waals surface area (Å²) in [7, 11) is 0. The molecule has 8 nitrogen and oxygen atoms in total. The summed E-state index contributed by atoms with van der Waals surface area (Å²) in [4.78, 5) is 39.9. The van der Waals surface area contributed by atoms with Crippen LogP contribution < -0.4 is 22.5 Å². The number of nitrogens with one attached hydrogen (secondary N) is 1. The molecule has 37 heavy (non-hydrogen) atoms. The number of Topliss-reactive ketones (excluding diaryl/α,β-unsaturated/α-hetero) is 1. The molecule has 3 rings (SSSR count). The first-order chi connectivity index (χ1) is 17.4. The van der Waals surface area contributed by atoms with Crippen molar-refractivity contribution in [3.05, 3.63) is 71.3 Å². The number of aryl methyl sites for hydroxylation is 1. The SMILES string of the molecule is N[C@@H](CC(=O)N1C[C@H](N)[C@@H](N)C1)C(=O)N[C@@H](CCc1ccccc1)C(=O)Cc1cccc(C(F)(F)F)c1. The van der Waals surface area contributed by atoms with E-state index in [0.29, 0.717) is 6.42 Å². The van der Waals surface area contributed by atoms with Gasteiger partial charge >= 0.3 is 6.18 Å². The number of benzene rings is 2. The first kappa shape index (κ1) is 28.3. The second kappa shape index (κ2) is 12.3. The fourth-order valence-electron chi connectivity index (χ4n) is 4.20. The van der Waals surface area contributed by atoms with E-state index >= 15 is 0 Å². The number of nitrogens with zero attached hydrogens (tertiary/aromatic N) is 1. The summed E-state index contributed by atoms with van der Waals surface area (Å²) in [6, 6.07) is 10.8. The summed E-state index contributed by atoms with van der Waals surface area (Å²) >= 11 is 0. The Balaban J connectivity index is 1.67. The number of ketones is 1. The molecule has 0 aromatic heterocycles. The third kappa shape index (κ3) is 8.11. The topological polar surface area (TPSA) is 145 Å². The Morgan fingerprint density at radius 3 is 2.22 bits per heavy atom. The first-order valence-electron chi connectivity index (χ1n) is 12.0. The van der Waals surface area contributed by atoms with Crippen molar-refractivity contribution >= 4 is 17.6 Å². The average molecular weight is 520 g/mol. The largest absolute Gasteiger partial charge is 0.416 e. The van der Waals surface area contributed by atoms with Gasteiger partial charge in [-0.15, -0.1) is 0 Å². The van der Waals surface area contributed by atoms with Crippen LogP contribution in [-0.2, 0) is 33.4 Å². The van der Waals surface area contributed by atoms with Gasteiger partial charge in [-0.25, -0.2) is 0 Å². The molecular weight excluding hydrogens is 487 g/mol. The lowest BCUT2D eigenvalue weighted by Crippen LogP contribution is -2.50. The molecule has 0 spiro atoms. The zero-order valence-corrected chi connectivity index (χ0v) is 20.3. The number of hydrogen-bond acceptors (Lipinski definition) is 6. The van der Waals surface area contributed by atoms with Crippen molar-refractivity contribution in [3.8, 4) is 0 Å². The van der Waals surface area contributed by atoms with Crippen LogP contribution in [0.15, 0.2) is 54.6 Å². The van der Waals surface area contributed by atoms with Crippen LogP contribution in [0, 0.1) is 0 Å². The first-order valence-corrected chi connectivity index (χ1v) is 12.0. The van der Waals surface area contributed by atoms with Gasteiger partial charge in [-0.1, -0.05) is 48.5 Å². The molecule has 7 N–H and O–H groups in total. The van der Waals surface area contributed by atoms with Crippen LogP contribution in [0.5, 0.6) is 0 Å². The van der Waals surface area contributed by atoms with Crippen LogP contribution >= 0.6 is 0 Å². The summed E-state index contributed by atoms with van der Waals surface area (Å²) < 4.78 is 39.3. The maximum absolute atomic E-state index is 13.1. The zero-order chi connectivity index (χ0) is 27.2. The number of carbonyl (C=O) groups excluding carboxylic acids is 3. The molecule has 1 aliphatic rings. The summed E-state index contributed by atoms with van der Waals surface area (Å²) in [5.74, 6) is -1.53. The standard InChI is InChI=1S/C26H32F3N5O3/c27-26(28,29)18-8-4-7-17(11-18)12-23(35)22(10-9-16-5-2-1-3-6-16)33-25(37)19(30)13-24(36)34-14-20(31)21(32)15-34/h1-8,11,19-22H,9-10,12-15,30-32H2,(H,33,37)/t19-,20-,21-,22-/m0/s1. The molecule has 0 bridgehead atoms. The van der Waals surface area contributed by atoms with Gasteiger partial charge in [-0.2, -0.15) is 13.2 Å². The normalized spacial score (nSPS) is 19.4. The predicted octanol–water partition coefficient (Wildman–Crippen LogP) is 1.15. The monoisotopic (exact) mass is 519 g/mol. The lowest BCUT2D eigenvalue weighted by Gasteiger charge is -2.22.